The lowest BCUT2D eigenvalue weighted by Crippen LogP contribution is -2.03. The maximum absolute atomic E-state index is 14.0. The highest BCUT2D eigenvalue weighted by molar-refractivity contribution is 9.10. The molecular weight excluding hydrogens is 378 g/mol. The van der Waals surface area contributed by atoms with Crippen LogP contribution in [0.2, 0.25) is 5.02 Å². The number of imidazole rings is 1. The van der Waals surface area contributed by atoms with Crippen LogP contribution in [0.15, 0.2) is 40.9 Å². The first-order valence-electron chi connectivity index (χ1n) is 6.29. The van der Waals surface area contributed by atoms with Gasteiger partial charge in [-0.15, -0.1) is 11.6 Å². The van der Waals surface area contributed by atoms with Crippen LogP contribution in [-0.4, -0.2) is 15.4 Å². The Hall–Kier alpha value is -1.10. The molecule has 2 nitrogen and oxygen atoms in total. The first-order chi connectivity index (χ1) is 10.1. The second kappa shape index (κ2) is 5.95. The summed E-state index contributed by atoms with van der Waals surface area (Å²) in [5, 5.41) is 0.600. The summed E-state index contributed by atoms with van der Waals surface area (Å²) >= 11 is 15.4. The molecule has 3 aromatic rings. The Bertz CT molecular complexity index is 817. The maximum atomic E-state index is 14.0. The van der Waals surface area contributed by atoms with Crippen molar-refractivity contribution in [2.24, 2.45) is 0 Å². The minimum Gasteiger partial charge on any atom is -0.295 e. The summed E-state index contributed by atoms with van der Waals surface area (Å²) in [6.07, 6.45) is 0.536. The number of para-hydroxylation sites is 1. The van der Waals surface area contributed by atoms with Gasteiger partial charge in [-0.1, -0.05) is 17.7 Å². The number of halogens is 4. The molecule has 1 aromatic heterocycles. The largest absolute Gasteiger partial charge is 0.295 e. The van der Waals surface area contributed by atoms with Crippen LogP contribution in [0.4, 0.5) is 4.39 Å². The lowest BCUT2D eigenvalue weighted by molar-refractivity contribution is 0.637. The average molecular weight is 388 g/mol. The molecule has 0 aliphatic heterocycles. The summed E-state index contributed by atoms with van der Waals surface area (Å²) in [5.74, 6) is 0.761. The molecule has 0 spiro atoms. The van der Waals surface area contributed by atoms with Crippen LogP contribution in [0.5, 0.6) is 0 Å². The summed E-state index contributed by atoms with van der Waals surface area (Å²) in [5.41, 5.74) is 1.85. The molecule has 0 fully saturated rings. The topological polar surface area (TPSA) is 17.8 Å². The molecule has 2 aromatic carbocycles. The second-order valence-corrected chi connectivity index (χ2v) is 6.17. The molecule has 0 saturated heterocycles. The molecular formula is C15H10BrCl2FN2. The van der Waals surface area contributed by atoms with Crippen LogP contribution in [0.3, 0.4) is 0 Å². The molecule has 0 radical (unpaired) electrons. The Balaban J connectivity index is 2.36. The Kier molecular flexibility index (Phi) is 4.20. The van der Waals surface area contributed by atoms with E-state index >= 15 is 0 Å². The lowest BCUT2D eigenvalue weighted by atomic mass is 10.2. The summed E-state index contributed by atoms with van der Waals surface area (Å²) < 4.78 is 16.7. The van der Waals surface area contributed by atoms with Gasteiger partial charge in [-0.05, 0) is 46.3 Å². The van der Waals surface area contributed by atoms with Crippen molar-refractivity contribution in [2.45, 2.75) is 6.42 Å². The highest BCUT2D eigenvalue weighted by Crippen LogP contribution is 2.30. The van der Waals surface area contributed by atoms with E-state index in [-0.39, 0.29) is 5.82 Å². The molecule has 0 bridgehead atoms. The van der Waals surface area contributed by atoms with E-state index in [0.29, 0.717) is 34.2 Å². The van der Waals surface area contributed by atoms with Gasteiger partial charge in [0.2, 0.25) is 0 Å². The van der Waals surface area contributed by atoms with Gasteiger partial charge in [-0.25, -0.2) is 9.37 Å². The van der Waals surface area contributed by atoms with Crippen molar-refractivity contribution in [1.29, 1.82) is 0 Å². The number of alkyl halides is 1. The third kappa shape index (κ3) is 2.68. The summed E-state index contributed by atoms with van der Waals surface area (Å²) in [6.45, 7) is 0. The molecule has 0 N–H and O–H groups in total. The van der Waals surface area contributed by atoms with Gasteiger partial charge in [-0.2, -0.15) is 0 Å². The van der Waals surface area contributed by atoms with Gasteiger partial charge in [-0.3, -0.25) is 4.57 Å². The van der Waals surface area contributed by atoms with Gasteiger partial charge in [0.25, 0.3) is 0 Å². The van der Waals surface area contributed by atoms with E-state index in [4.69, 9.17) is 23.2 Å². The molecule has 6 heteroatoms. The molecule has 0 saturated carbocycles. The molecule has 21 heavy (non-hydrogen) atoms. The summed E-state index contributed by atoms with van der Waals surface area (Å²) in [7, 11) is 0. The molecule has 0 aliphatic carbocycles. The van der Waals surface area contributed by atoms with Crippen LogP contribution < -0.4 is 0 Å². The third-order valence-electron chi connectivity index (χ3n) is 3.17. The smallest absolute Gasteiger partial charge is 0.151 e. The second-order valence-electron chi connectivity index (χ2n) is 4.51. The van der Waals surface area contributed by atoms with Crippen LogP contribution >= 0.6 is 39.1 Å². The number of nitrogens with zero attached hydrogens (tertiary/aromatic N) is 2. The number of hydrogen-bond acceptors (Lipinski definition) is 1. The van der Waals surface area contributed by atoms with Crippen LogP contribution in [-0.2, 0) is 6.42 Å². The standard InChI is InChI=1S/C15H10BrCl2FN2/c16-10-5-4-9(18)8-13(10)21-12-3-1-2-11(19)15(12)20-14(21)6-7-17/h1-5,8H,6-7H2. The van der Waals surface area contributed by atoms with E-state index < -0.39 is 0 Å². The summed E-state index contributed by atoms with van der Waals surface area (Å²) in [6, 6.07) is 10.4. The summed E-state index contributed by atoms with van der Waals surface area (Å²) in [4.78, 5) is 4.39. The van der Waals surface area contributed by atoms with Gasteiger partial charge in [0.15, 0.2) is 5.82 Å². The highest BCUT2D eigenvalue weighted by Gasteiger charge is 2.16. The van der Waals surface area contributed by atoms with E-state index in [1.54, 1.807) is 12.1 Å². The van der Waals surface area contributed by atoms with Gasteiger partial charge < -0.3 is 0 Å². The van der Waals surface area contributed by atoms with Crippen molar-refractivity contribution in [2.75, 3.05) is 5.88 Å². The van der Waals surface area contributed by atoms with Crippen LogP contribution in [0, 0.1) is 5.82 Å². The Labute approximate surface area is 139 Å². The van der Waals surface area contributed by atoms with E-state index in [9.17, 15) is 4.39 Å². The Morgan fingerprint density at radius 2 is 2.05 bits per heavy atom. The van der Waals surface area contributed by atoms with E-state index in [1.165, 1.54) is 6.07 Å². The zero-order chi connectivity index (χ0) is 15.0. The zero-order valence-corrected chi connectivity index (χ0v) is 13.9. The van der Waals surface area contributed by atoms with Gasteiger partial charge in [0.1, 0.15) is 11.3 Å². The third-order valence-corrected chi connectivity index (χ3v) is 4.27. The van der Waals surface area contributed by atoms with Crippen LogP contribution in [0.1, 0.15) is 5.82 Å². The van der Waals surface area contributed by atoms with E-state index in [0.717, 1.165) is 10.2 Å². The molecule has 0 unspecified atom stereocenters. The average Bonchev–Trinajstić information content (AvgIpc) is 2.82. The number of hydrogen-bond donors (Lipinski definition) is 0. The lowest BCUT2D eigenvalue weighted by Gasteiger charge is -2.11. The predicted molar refractivity (Wildman–Crippen MR) is 88.2 cm³/mol. The zero-order valence-electron chi connectivity index (χ0n) is 10.8. The highest BCUT2D eigenvalue weighted by atomic mass is 79.9. The normalized spacial score (nSPS) is 11.2. The molecule has 0 amide bonds. The minimum atomic E-state index is -0.347. The quantitative estimate of drug-likeness (QED) is 0.553. The molecule has 0 aliphatic rings. The monoisotopic (exact) mass is 386 g/mol. The Morgan fingerprint density at radius 1 is 1.24 bits per heavy atom. The minimum absolute atomic E-state index is 0.337. The van der Waals surface area contributed by atoms with Crippen molar-refractivity contribution in [1.82, 2.24) is 9.55 Å². The number of aryl methyl sites for hydroxylation is 1. The van der Waals surface area contributed by atoms with Crippen molar-refractivity contribution in [3.63, 3.8) is 0 Å². The van der Waals surface area contributed by atoms with Crippen molar-refractivity contribution in [3.05, 3.63) is 57.5 Å². The van der Waals surface area contributed by atoms with Gasteiger partial charge in [0.05, 0.1) is 11.2 Å². The van der Waals surface area contributed by atoms with E-state index in [2.05, 4.69) is 20.9 Å². The first-order valence-corrected chi connectivity index (χ1v) is 7.99. The van der Waals surface area contributed by atoms with Crippen molar-refractivity contribution >= 4 is 50.2 Å². The number of benzene rings is 2. The fraction of sp³-hybridized carbons (Fsp3) is 0.133. The van der Waals surface area contributed by atoms with Crippen LogP contribution in [0.25, 0.3) is 16.7 Å². The van der Waals surface area contributed by atoms with Crippen molar-refractivity contribution < 1.29 is 4.39 Å². The maximum Gasteiger partial charge on any atom is 0.151 e. The predicted octanol–water partition coefficient (Wildman–Crippen LogP) is 5.36. The van der Waals surface area contributed by atoms with Crippen molar-refractivity contribution in [3.8, 4) is 5.69 Å². The fourth-order valence-electron chi connectivity index (χ4n) is 2.29. The molecule has 108 valence electrons. The SMILES string of the molecule is Fc1cccc2c1nc(CCCl)n2-c1cc(Cl)ccc1Br. The van der Waals surface area contributed by atoms with E-state index in [1.807, 2.05) is 22.8 Å². The van der Waals surface area contributed by atoms with Gasteiger partial charge >= 0.3 is 0 Å². The Morgan fingerprint density at radius 3 is 2.81 bits per heavy atom. The fourth-order valence-corrected chi connectivity index (χ4v) is 3.05. The molecule has 0 atom stereocenters. The van der Waals surface area contributed by atoms with Gasteiger partial charge in [0, 0.05) is 21.8 Å². The molecule has 1 heterocycles. The number of fused-ring (bicyclic) bond motifs is 1. The number of rotatable bonds is 3. The number of aromatic nitrogens is 2. The first kappa shape index (κ1) is 14.8. The molecule has 3 rings (SSSR count).